The van der Waals surface area contributed by atoms with E-state index in [2.05, 4.69) is 4.74 Å². The van der Waals surface area contributed by atoms with Crippen LogP contribution in [0.2, 0.25) is 0 Å². The lowest BCUT2D eigenvalue weighted by molar-refractivity contribution is -0.131. The Morgan fingerprint density at radius 3 is 2.65 bits per heavy atom. The van der Waals surface area contributed by atoms with Gasteiger partial charge in [0.2, 0.25) is 0 Å². The van der Waals surface area contributed by atoms with Gasteiger partial charge in [-0.15, -0.1) is 0 Å². The Morgan fingerprint density at radius 2 is 2.12 bits per heavy atom. The molecule has 0 aliphatic heterocycles. The Bertz CT molecular complexity index is 456. The van der Waals surface area contributed by atoms with E-state index in [-0.39, 0.29) is 16.9 Å². The molecule has 0 fully saturated rings. The summed E-state index contributed by atoms with van der Waals surface area (Å²) >= 11 is 0. The van der Waals surface area contributed by atoms with Gasteiger partial charge in [-0.2, -0.15) is 8.78 Å². The Hall–Kier alpha value is -1.98. The standard InChI is InChI=1S/C11H9F3O3/c1-6-8(12)4-2-7(3-5-9(15)16)10(6)17-11(13)14/h2-5,11H,1H3,(H,15,16)/b5-3+. The number of rotatable bonds is 4. The molecule has 1 rings (SSSR count). The van der Waals surface area contributed by atoms with Crippen LogP contribution in [0.15, 0.2) is 18.2 Å². The molecule has 6 heteroatoms. The lowest BCUT2D eigenvalue weighted by atomic mass is 10.1. The van der Waals surface area contributed by atoms with Gasteiger partial charge in [-0.1, -0.05) is 0 Å². The highest BCUT2D eigenvalue weighted by Gasteiger charge is 2.14. The van der Waals surface area contributed by atoms with E-state index in [9.17, 15) is 18.0 Å². The van der Waals surface area contributed by atoms with Crippen molar-refractivity contribution in [3.63, 3.8) is 0 Å². The minimum Gasteiger partial charge on any atom is -0.478 e. The minimum atomic E-state index is -3.10. The molecule has 0 unspecified atom stereocenters. The molecule has 0 aliphatic rings. The molecule has 3 nitrogen and oxygen atoms in total. The summed E-state index contributed by atoms with van der Waals surface area (Å²) in [5.74, 6) is -2.31. The SMILES string of the molecule is Cc1c(F)ccc(/C=C/C(=O)O)c1OC(F)F. The van der Waals surface area contributed by atoms with Crippen LogP contribution in [0.4, 0.5) is 13.2 Å². The molecular formula is C11H9F3O3. The van der Waals surface area contributed by atoms with Gasteiger partial charge in [-0.25, -0.2) is 9.18 Å². The average Bonchev–Trinajstić information content (AvgIpc) is 2.23. The predicted octanol–water partition coefficient (Wildman–Crippen LogP) is 2.83. The number of halogens is 3. The van der Waals surface area contributed by atoms with Crippen molar-refractivity contribution >= 4 is 12.0 Å². The maximum Gasteiger partial charge on any atom is 0.387 e. The second-order valence-corrected chi connectivity index (χ2v) is 3.14. The van der Waals surface area contributed by atoms with Crippen LogP contribution in [-0.2, 0) is 4.79 Å². The summed E-state index contributed by atoms with van der Waals surface area (Å²) in [6.45, 7) is -1.84. The van der Waals surface area contributed by atoms with Gasteiger partial charge in [0, 0.05) is 17.2 Å². The summed E-state index contributed by atoms with van der Waals surface area (Å²) in [5.41, 5.74) is -0.0237. The Morgan fingerprint density at radius 1 is 1.47 bits per heavy atom. The van der Waals surface area contributed by atoms with Crippen molar-refractivity contribution in [2.45, 2.75) is 13.5 Å². The van der Waals surface area contributed by atoms with Crippen molar-refractivity contribution < 1.29 is 27.8 Å². The first-order chi connectivity index (χ1) is 7.91. The topological polar surface area (TPSA) is 46.5 Å². The summed E-state index contributed by atoms with van der Waals surface area (Å²) in [6, 6.07) is 2.22. The molecule has 0 amide bonds. The number of hydrogen-bond acceptors (Lipinski definition) is 2. The number of ether oxygens (including phenoxy) is 1. The second kappa shape index (κ2) is 5.38. The number of alkyl halides is 2. The quantitative estimate of drug-likeness (QED) is 0.831. The molecule has 17 heavy (non-hydrogen) atoms. The van der Waals surface area contributed by atoms with Crippen LogP contribution >= 0.6 is 0 Å². The third-order valence-electron chi connectivity index (χ3n) is 1.98. The smallest absolute Gasteiger partial charge is 0.387 e. The summed E-state index contributed by atoms with van der Waals surface area (Å²) < 4.78 is 41.6. The van der Waals surface area contributed by atoms with E-state index >= 15 is 0 Å². The fourth-order valence-corrected chi connectivity index (χ4v) is 1.23. The van der Waals surface area contributed by atoms with Crippen molar-refractivity contribution in [3.8, 4) is 5.75 Å². The monoisotopic (exact) mass is 246 g/mol. The molecule has 0 radical (unpaired) electrons. The number of hydrogen-bond donors (Lipinski definition) is 1. The zero-order valence-electron chi connectivity index (χ0n) is 8.78. The number of carboxylic acid groups (broad SMARTS) is 1. The van der Waals surface area contributed by atoms with Crippen LogP contribution < -0.4 is 4.74 Å². The molecular weight excluding hydrogens is 237 g/mol. The summed E-state index contributed by atoms with van der Waals surface area (Å²) in [7, 11) is 0. The molecule has 92 valence electrons. The van der Waals surface area contributed by atoms with E-state index in [1.165, 1.54) is 13.0 Å². The van der Waals surface area contributed by atoms with Crippen LogP contribution in [0.25, 0.3) is 6.08 Å². The Kier molecular flexibility index (Phi) is 4.14. The minimum absolute atomic E-state index is 0.0756. The summed E-state index contributed by atoms with van der Waals surface area (Å²) in [5, 5.41) is 8.42. The lowest BCUT2D eigenvalue weighted by Crippen LogP contribution is -2.06. The number of carbonyl (C=O) groups is 1. The predicted molar refractivity (Wildman–Crippen MR) is 54.4 cm³/mol. The van der Waals surface area contributed by atoms with Crippen molar-refractivity contribution in [2.24, 2.45) is 0 Å². The first-order valence-corrected chi connectivity index (χ1v) is 4.56. The number of benzene rings is 1. The fourth-order valence-electron chi connectivity index (χ4n) is 1.23. The van der Waals surface area contributed by atoms with Crippen LogP contribution in [0, 0.1) is 12.7 Å². The van der Waals surface area contributed by atoms with Crippen LogP contribution in [0.5, 0.6) is 5.75 Å². The van der Waals surface area contributed by atoms with E-state index in [0.29, 0.717) is 0 Å². The highest BCUT2D eigenvalue weighted by molar-refractivity contribution is 5.86. The second-order valence-electron chi connectivity index (χ2n) is 3.14. The van der Waals surface area contributed by atoms with Crippen molar-refractivity contribution in [1.82, 2.24) is 0 Å². The molecule has 0 atom stereocenters. The van der Waals surface area contributed by atoms with E-state index in [4.69, 9.17) is 5.11 Å². The molecule has 1 N–H and O–H groups in total. The van der Waals surface area contributed by atoms with Crippen molar-refractivity contribution in [1.29, 1.82) is 0 Å². The average molecular weight is 246 g/mol. The molecule has 0 spiro atoms. The van der Waals surface area contributed by atoms with Crippen molar-refractivity contribution in [3.05, 3.63) is 35.2 Å². The molecule has 0 saturated carbocycles. The maximum absolute atomic E-state index is 13.1. The van der Waals surface area contributed by atoms with Crippen LogP contribution in [0.3, 0.4) is 0 Å². The number of aliphatic carboxylic acids is 1. The number of carboxylic acids is 1. The largest absolute Gasteiger partial charge is 0.478 e. The van der Waals surface area contributed by atoms with Crippen molar-refractivity contribution in [2.75, 3.05) is 0 Å². The zero-order chi connectivity index (χ0) is 13.0. The van der Waals surface area contributed by atoms with Gasteiger partial charge in [0.15, 0.2) is 0 Å². The Labute approximate surface area is 95.1 Å². The van der Waals surface area contributed by atoms with Gasteiger partial charge in [-0.05, 0) is 25.1 Å². The first kappa shape index (κ1) is 13.1. The fraction of sp³-hybridized carbons (Fsp3) is 0.182. The molecule has 0 heterocycles. The molecule has 1 aromatic rings. The third-order valence-corrected chi connectivity index (χ3v) is 1.98. The van der Waals surface area contributed by atoms with Gasteiger partial charge >= 0.3 is 12.6 Å². The van der Waals surface area contributed by atoms with E-state index in [0.717, 1.165) is 18.2 Å². The first-order valence-electron chi connectivity index (χ1n) is 4.56. The Balaban J connectivity index is 3.20. The normalized spacial score (nSPS) is 11.1. The highest BCUT2D eigenvalue weighted by Crippen LogP contribution is 2.28. The summed E-state index contributed by atoms with van der Waals surface area (Å²) in [4.78, 5) is 10.3. The highest BCUT2D eigenvalue weighted by atomic mass is 19.3. The zero-order valence-corrected chi connectivity index (χ0v) is 8.78. The van der Waals surface area contributed by atoms with Crippen LogP contribution in [-0.4, -0.2) is 17.7 Å². The lowest BCUT2D eigenvalue weighted by Gasteiger charge is -2.11. The van der Waals surface area contributed by atoms with E-state index < -0.39 is 18.4 Å². The van der Waals surface area contributed by atoms with Gasteiger partial charge in [0.1, 0.15) is 11.6 Å². The summed E-state index contributed by atoms with van der Waals surface area (Å²) in [6.07, 6.45) is 1.82. The van der Waals surface area contributed by atoms with Gasteiger partial charge < -0.3 is 9.84 Å². The molecule has 1 aromatic carbocycles. The van der Waals surface area contributed by atoms with E-state index in [1.807, 2.05) is 0 Å². The molecule has 0 saturated heterocycles. The van der Waals surface area contributed by atoms with Crippen LogP contribution in [0.1, 0.15) is 11.1 Å². The maximum atomic E-state index is 13.1. The molecule has 0 aromatic heterocycles. The third kappa shape index (κ3) is 3.51. The van der Waals surface area contributed by atoms with E-state index in [1.54, 1.807) is 0 Å². The van der Waals surface area contributed by atoms with Gasteiger partial charge in [-0.3, -0.25) is 0 Å². The van der Waals surface area contributed by atoms with Gasteiger partial charge in [0.25, 0.3) is 0 Å². The molecule has 0 aliphatic carbocycles. The molecule has 0 bridgehead atoms. The van der Waals surface area contributed by atoms with Gasteiger partial charge in [0.05, 0.1) is 0 Å².